The number of halogens is 1. The first-order valence-corrected chi connectivity index (χ1v) is 9.17. The van der Waals surface area contributed by atoms with Crippen LogP contribution in [0.4, 0.5) is 5.82 Å². The Bertz CT molecular complexity index is 605. The van der Waals surface area contributed by atoms with Crippen LogP contribution in [0.25, 0.3) is 0 Å². The number of hydrogen-bond donors (Lipinski definition) is 2. The van der Waals surface area contributed by atoms with Crippen LogP contribution in [-0.4, -0.2) is 48.4 Å². The van der Waals surface area contributed by atoms with Crippen LogP contribution < -0.4 is 10.6 Å². The fraction of sp³-hybridized carbons (Fsp3) is 0.632. The monoisotopic (exact) mass is 473 g/mol. The summed E-state index contributed by atoms with van der Waals surface area (Å²) in [5.74, 6) is 2.94. The number of carbonyl (C=O) groups excluding carboxylic acids is 1. The van der Waals surface area contributed by atoms with Gasteiger partial charge in [0.2, 0.25) is 5.91 Å². The van der Waals surface area contributed by atoms with Crippen LogP contribution in [0.3, 0.4) is 0 Å². The van der Waals surface area contributed by atoms with E-state index in [9.17, 15) is 4.79 Å². The van der Waals surface area contributed by atoms with Crippen LogP contribution in [0, 0.1) is 18.8 Å². The van der Waals surface area contributed by atoms with Gasteiger partial charge in [-0.15, -0.1) is 24.0 Å². The van der Waals surface area contributed by atoms with Gasteiger partial charge < -0.3 is 15.5 Å². The van der Waals surface area contributed by atoms with Gasteiger partial charge in [0.15, 0.2) is 5.96 Å². The molecule has 1 aliphatic heterocycles. The average molecular weight is 473 g/mol. The zero-order valence-corrected chi connectivity index (χ0v) is 18.6. The number of anilines is 1. The Balaban J connectivity index is 0.00000338. The van der Waals surface area contributed by atoms with Crippen molar-refractivity contribution in [2.24, 2.45) is 16.8 Å². The highest BCUT2D eigenvalue weighted by Gasteiger charge is 2.25. The van der Waals surface area contributed by atoms with Crippen molar-refractivity contribution in [3.63, 3.8) is 0 Å². The third-order valence-corrected chi connectivity index (χ3v) is 4.39. The summed E-state index contributed by atoms with van der Waals surface area (Å²) in [6, 6.07) is 5.60. The molecule has 1 amide bonds. The number of nitrogens with one attached hydrogen (secondary N) is 2. The van der Waals surface area contributed by atoms with E-state index in [0.717, 1.165) is 36.6 Å². The van der Waals surface area contributed by atoms with Crippen LogP contribution in [0.2, 0.25) is 0 Å². The van der Waals surface area contributed by atoms with Crippen LogP contribution >= 0.6 is 24.0 Å². The number of aryl methyl sites for hydroxylation is 1. The number of amides is 1. The second-order valence-corrected chi connectivity index (χ2v) is 7.17. The highest BCUT2D eigenvalue weighted by molar-refractivity contribution is 14.0. The molecular weight excluding hydrogens is 441 g/mol. The Hall–Kier alpha value is -1.38. The summed E-state index contributed by atoms with van der Waals surface area (Å²) >= 11 is 0. The predicted octanol–water partition coefficient (Wildman–Crippen LogP) is 3.28. The molecule has 26 heavy (non-hydrogen) atoms. The van der Waals surface area contributed by atoms with Crippen molar-refractivity contribution in [1.29, 1.82) is 0 Å². The van der Waals surface area contributed by atoms with Gasteiger partial charge in [-0.05, 0) is 43.7 Å². The fourth-order valence-corrected chi connectivity index (χ4v) is 3.32. The molecule has 2 N–H and O–H groups in total. The molecule has 146 valence electrons. The molecule has 2 heterocycles. The molecule has 0 bridgehead atoms. The zero-order chi connectivity index (χ0) is 18.2. The molecule has 2 rings (SSSR count). The van der Waals surface area contributed by atoms with Crippen molar-refractivity contribution in [2.45, 2.75) is 40.0 Å². The van der Waals surface area contributed by atoms with Crippen molar-refractivity contribution in [3.05, 3.63) is 23.9 Å². The Morgan fingerprint density at radius 2 is 2.19 bits per heavy atom. The summed E-state index contributed by atoms with van der Waals surface area (Å²) in [5.41, 5.74) is 0.890. The molecule has 1 fully saturated rings. The lowest BCUT2D eigenvalue weighted by Gasteiger charge is -2.22. The minimum Gasteiger partial charge on any atom is -0.356 e. The Labute approximate surface area is 174 Å². The highest BCUT2D eigenvalue weighted by atomic mass is 127. The van der Waals surface area contributed by atoms with Crippen molar-refractivity contribution >= 4 is 41.7 Å². The van der Waals surface area contributed by atoms with Gasteiger partial charge in [-0.1, -0.05) is 19.9 Å². The molecule has 1 aromatic rings. The van der Waals surface area contributed by atoms with Gasteiger partial charge in [0, 0.05) is 38.8 Å². The Morgan fingerprint density at radius 3 is 2.85 bits per heavy atom. The van der Waals surface area contributed by atoms with Crippen molar-refractivity contribution in [3.8, 4) is 0 Å². The molecule has 1 atom stereocenters. The van der Waals surface area contributed by atoms with Crippen molar-refractivity contribution in [2.75, 3.05) is 32.0 Å². The summed E-state index contributed by atoms with van der Waals surface area (Å²) in [6.07, 6.45) is 2.87. The molecule has 1 aliphatic rings. The quantitative estimate of drug-likeness (QED) is 0.378. The summed E-state index contributed by atoms with van der Waals surface area (Å²) in [6.45, 7) is 9.11. The lowest BCUT2D eigenvalue weighted by atomic mass is 9.97. The number of guanidine groups is 1. The van der Waals surface area contributed by atoms with Crippen LogP contribution in [0.15, 0.2) is 23.2 Å². The molecule has 1 aromatic heterocycles. The van der Waals surface area contributed by atoms with E-state index in [0.29, 0.717) is 18.8 Å². The first-order chi connectivity index (χ1) is 12.0. The second-order valence-electron chi connectivity index (χ2n) is 7.17. The van der Waals surface area contributed by atoms with Gasteiger partial charge in [-0.25, -0.2) is 4.98 Å². The largest absolute Gasteiger partial charge is 0.356 e. The van der Waals surface area contributed by atoms with E-state index in [1.807, 2.05) is 19.1 Å². The van der Waals surface area contributed by atoms with Crippen molar-refractivity contribution < 1.29 is 4.79 Å². The molecule has 6 nitrogen and oxygen atoms in total. The first kappa shape index (κ1) is 22.7. The topological polar surface area (TPSA) is 69.6 Å². The predicted molar refractivity (Wildman–Crippen MR) is 118 cm³/mol. The summed E-state index contributed by atoms with van der Waals surface area (Å²) < 4.78 is 0. The lowest BCUT2D eigenvalue weighted by Crippen LogP contribution is -2.41. The number of aliphatic imine (C=N–C) groups is 1. The molecule has 0 aromatic carbocycles. The number of aromatic nitrogens is 1. The molecule has 0 spiro atoms. The Kier molecular flexibility index (Phi) is 9.90. The fourth-order valence-electron chi connectivity index (χ4n) is 3.32. The number of pyridine rings is 1. The minimum atomic E-state index is -0.0415. The summed E-state index contributed by atoms with van der Waals surface area (Å²) in [5, 5.41) is 6.14. The van der Waals surface area contributed by atoms with E-state index >= 15 is 0 Å². The third-order valence-electron chi connectivity index (χ3n) is 4.39. The third kappa shape index (κ3) is 7.47. The first-order valence-electron chi connectivity index (χ1n) is 9.17. The smallest absolute Gasteiger partial charge is 0.227 e. The normalized spacial score (nSPS) is 17.2. The number of hydrogen-bond acceptors (Lipinski definition) is 3. The van der Waals surface area contributed by atoms with Gasteiger partial charge in [0.1, 0.15) is 5.82 Å². The highest BCUT2D eigenvalue weighted by Crippen LogP contribution is 2.23. The van der Waals surface area contributed by atoms with E-state index in [4.69, 9.17) is 0 Å². The van der Waals surface area contributed by atoms with E-state index < -0.39 is 0 Å². The Morgan fingerprint density at radius 1 is 1.42 bits per heavy atom. The molecule has 1 saturated heterocycles. The average Bonchev–Trinajstić information content (AvgIpc) is 2.99. The van der Waals surface area contributed by atoms with Gasteiger partial charge in [-0.2, -0.15) is 0 Å². The van der Waals surface area contributed by atoms with Crippen molar-refractivity contribution in [1.82, 2.24) is 15.2 Å². The maximum absolute atomic E-state index is 12.0. The summed E-state index contributed by atoms with van der Waals surface area (Å²) in [7, 11) is 1.80. The standard InChI is InChI=1S/C19H31N5O.HI/c1-14(2)12-16-9-11-24(13-16)19(20-4)21-10-8-18(25)23-17-7-5-6-15(3)22-17;/h5-7,14,16H,8-13H2,1-4H3,(H,20,21)(H,22,23,25);1H. The molecular formula is C19H32IN5O. The van der Waals surface area contributed by atoms with E-state index in [1.54, 1.807) is 13.1 Å². The van der Waals surface area contributed by atoms with Gasteiger partial charge in [0.25, 0.3) is 0 Å². The van der Waals surface area contributed by atoms with Gasteiger partial charge in [-0.3, -0.25) is 9.79 Å². The number of carbonyl (C=O) groups is 1. The maximum atomic E-state index is 12.0. The SMILES string of the molecule is CN=C(NCCC(=O)Nc1cccc(C)n1)N1CCC(CC(C)C)C1.I. The second kappa shape index (κ2) is 11.4. The zero-order valence-electron chi connectivity index (χ0n) is 16.3. The molecule has 0 aliphatic carbocycles. The lowest BCUT2D eigenvalue weighted by molar-refractivity contribution is -0.116. The number of nitrogens with zero attached hydrogens (tertiary/aromatic N) is 3. The van der Waals surface area contributed by atoms with E-state index in [-0.39, 0.29) is 29.9 Å². The minimum absolute atomic E-state index is 0. The molecule has 0 saturated carbocycles. The van der Waals surface area contributed by atoms with Crippen LogP contribution in [-0.2, 0) is 4.79 Å². The molecule has 1 unspecified atom stereocenters. The van der Waals surface area contributed by atoms with Crippen LogP contribution in [0.5, 0.6) is 0 Å². The number of likely N-dealkylation sites (tertiary alicyclic amines) is 1. The van der Waals surface area contributed by atoms with Gasteiger partial charge >= 0.3 is 0 Å². The van der Waals surface area contributed by atoms with Gasteiger partial charge in [0.05, 0.1) is 0 Å². The van der Waals surface area contributed by atoms with Crippen LogP contribution in [0.1, 0.15) is 38.8 Å². The molecule has 7 heteroatoms. The van der Waals surface area contributed by atoms with E-state index in [1.165, 1.54) is 12.8 Å². The molecule has 0 radical (unpaired) electrons. The van der Waals surface area contributed by atoms with E-state index in [2.05, 4.69) is 39.4 Å². The maximum Gasteiger partial charge on any atom is 0.227 e. The number of rotatable bonds is 6. The summed E-state index contributed by atoms with van der Waals surface area (Å²) in [4.78, 5) is 23.0.